The number of aliphatic hydroxyl groups excluding tert-OH is 1. The van der Waals surface area contributed by atoms with Gasteiger partial charge in [-0.25, -0.2) is 4.39 Å². The number of carbonyl (C=O) groups excluding carboxylic acids is 3. The largest absolute Gasteiger partial charge is 0.393 e. The Labute approximate surface area is 191 Å². The second-order valence-corrected chi connectivity index (χ2v) is 8.83. The summed E-state index contributed by atoms with van der Waals surface area (Å²) in [5, 5.41) is 24.1. The van der Waals surface area contributed by atoms with Crippen LogP contribution in [0.1, 0.15) is 70.3 Å². The lowest BCUT2D eigenvalue weighted by Gasteiger charge is -2.36. The SMILES string of the molecule is Cc1c(C(=O)Nc2ccc(F)c(C#N)c2)c(C)n(C)c1C(=O)C(=O)NC1(C)CCC(O)CC1. The Kier molecular flexibility index (Phi) is 6.70. The van der Waals surface area contributed by atoms with Crippen molar-refractivity contribution >= 4 is 23.3 Å². The quantitative estimate of drug-likeness (QED) is 0.473. The van der Waals surface area contributed by atoms with Gasteiger partial charge in [0.05, 0.1) is 22.9 Å². The Morgan fingerprint density at radius 3 is 2.48 bits per heavy atom. The number of aliphatic hydroxyl groups is 1. The molecular weight excluding hydrogens is 427 g/mol. The molecule has 1 aliphatic carbocycles. The van der Waals surface area contributed by atoms with Gasteiger partial charge in [-0.2, -0.15) is 5.26 Å². The monoisotopic (exact) mass is 454 g/mol. The molecule has 3 rings (SSSR count). The molecule has 1 fully saturated rings. The number of carbonyl (C=O) groups is 3. The molecule has 1 aliphatic rings. The topological polar surface area (TPSA) is 124 Å². The van der Waals surface area contributed by atoms with Crippen LogP contribution in [0.3, 0.4) is 0 Å². The van der Waals surface area contributed by atoms with Crippen LogP contribution in [0.2, 0.25) is 0 Å². The highest BCUT2D eigenvalue weighted by Gasteiger charge is 2.35. The van der Waals surface area contributed by atoms with E-state index in [0.29, 0.717) is 36.9 Å². The first-order chi connectivity index (χ1) is 15.5. The van der Waals surface area contributed by atoms with E-state index in [1.54, 1.807) is 27.0 Å². The normalized spacial score (nSPS) is 20.1. The van der Waals surface area contributed by atoms with Crippen LogP contribution < -0.4 is 10.6 Å². The van der Waals surface area contributed by atoms with E-state index >= 15 is 0 Å². The second-order valence-electron chi connectivity index (χ2n) is 8.83. The van der Waals surface area contributed by atoms with Gasteiger partial charge in [-0.15, -0.1) is 0 Å². The van der Waals surface area contributed by atoms with Crippen molar-refractivity contribution in [3.63, 3.8) is 0 Å². The van der Waals surface area contributed by atoms with E-state index < -0.39 is 35.1 Å². The summed E-state index contributed by atoms with van der Waals surface area (Å²) in [4.78, 5) is 38.8. The van der Waals surface area contributed by atoms with E-state index in [1.807, 2.05) is 6.92 Å². The zero-order valence-corrected chi connectivity index (χ0v) is 19.1. The number of halogens is 1. The fourth-order valence-corrected chi connectivity index (χ4v) is 4.32. The Balaban J connectivity index is 1.84. The maximum Gasteiger partial charge on any atom is 0.294 e. The molecule has 0 spiro atoms. The van der Waals surface area contributed by atoms with Gasteiger partial charge in [-0.3, -0.25) is 14.4 Å². The predicted octanol–water partition coefficient (Wildman–Crippen LogP) is 2.90. The number of nitrogens with zero attached hydrogens (tertiary/aromatic N) is 2. The van der Waals surface area contributed by atoms with Gasteiger partial charge in [0, 0.05) is 24.0 Å². The highest BCUT2D eigenvalue weighted by molar-refractivity contribution is 6.43. The van der Waals surface area contributed by atoms with E-state index in [1.165, 1.54) is 16.7 Å². The summed E-state index contributed by atoms with van der Waals surface area (Å²) in [6.07, 6.45) is 1.83. The summed E-state index contributed by atoms with van der Waals surface area (Å²) in [6, 6.07) is 5.36. The average Bonchev–Trinajstić information content (AvgIpc) is 2.99. The van der Waals surface area contributed by atoms with E-state index in [4.69, 9.17) is 5.26 Å². The summed E-state index contributed by atoms with van der Waals surface area (Å²) in [7, 11) is 1.60. The van der Waals surface area contributed by atoms with Crippen molar-refractivity contribution in [3.8, 4) is 6.07 Å². The minimum atomic E-state index is -0.762. The van der Waals surface area contributed by atoms with Crippen LogP contribution >= 0.6 is 0 Å². The van der Waals surface area contributed by atoms with Crippen molar-refractivity contribution in [2.24, 2.45) is 7.05 Å². The van der Waals surface area contributed by atoms with Crippen molar-refractivity contribution < 1.29 is 23.9 Å². The summed E-state index contributed by atoms with van der Waals surface area (Å²) in [5.74, 6) is -2.74. The number of hydrogen-bond acceptors (Lipinski definition) is 5. The van der Waals surface area contributed by atoms with Gasteiger partial charge in [0.1, 0.15) is 11.9 Å². The number of hydrogen-bond donors (Lipinski definition) is 3. The van der Waals surface area contributed by atoms with Crippen LogP contribution in [-0.4, -0.2) is 38.9 Å². The molecule has 1 saturated carbocycles. The lowest BCUT2D eigenvalue weighted by molar-refractivity contribution is -0.119. The third kappa shape index (κ3) is 4.81. The third-order valence-corrected chi connectivity index (χ3v) is 6.40. The molecule has 0 atom stereocenters. The summed E-state index contributed by atoms with van der Waals surface area (Å²) >= 11 is 0. The molecule has 0 aliphatic heterocycles. The molecule has 3 N–H and O–H groups in total. The fraction of sp³-hybridized carbons (Fsp3) is 0.417. The number of Topliss-reactive ketones (excluding diaryl/α,β-unsaturated/α-hetero) is 1. The first-order valence-electron chi connectivity index (χ1n) is 10.7. The number of nitrogens with one attached hydrogen (secondary N) is 2. The summed E-state index contributed by atoms with van der Waals surface area (Å²) in [6.45, 7) is 5.10. The lowest BCUT2D eigenvalue weighted by Crippen LogP contribution is -2.51. The van der Waals surface area contributed by atoms with Crippen molar-refractivity contribution in [3.05, 3.63) is 52.1 Å². The molecule has 1 aromatic heterocycles. The zero-order valence-electron chi connectivity index (χ0n) is 19.1. The van der Waals surface area contributed by atoms with E-state index in [9.17, 15) is 23.9 Å². The van der Waals surface area contributed by atoms with E-state index in [2.05, 4.69) is 10.6 Å². The van der Waals surface area contributed by atoms with Gasteiger partial charge in [0.25, 0.3) is 17.6 Å². The maximum atomic E-state index is 13.6. The highest BCUT2D eigenvalue weighted by Crippen LogP contribution is 2.29. The van der Waals surface area contributed by atoms with Crippen molar-refractivity contribution in [2.45, 2.75) is 58.1 Å². The zero-order chi connectivity index (χ0) is 24.5. The van der Waals surface area contributed by atoms with Crippen molar-refractivity contribution in [1.29, 1.82) is 5.26 Å². The van der Waals surface area contributed by atoms with Gasteiger partial charge >= 0.3 is 0 Å². The Bertz CT molecular complexity index is 1170. The molecule has 0 unspecified atom stereocenters. The number of nitriles is 1. The second kappa shape index (κ2) is 9.16. The molecule has 0 saturated heterocycles. The third-order valence-electron chi connectivity index (χ3n) is 6.40. The molecule has 0 bridgehead atoms. The molecular formula is C24H27FN4O4. The molecule has 9 heteroatoms. The van der Waals surface area contributed by atoms with Gasteiger partial charge in [-0.1, -0.05) is 0 Å². The number of anilines is 1. The molecule has 1 aromatic carbocycles. The van der Waals surface area contributed by atoms with Crippen LogP contribution in [0.25, 0.3) is 0 Å². The number of amides is 2. The van der Waals surface area contributed by atoms with Gasteiger partial charge in [0.2, 0.25) is 0 Å². The molecule has 33 heavy (non-hydrogen) atoms. The van der Waals surface area contributed by atoms with Gasteiger partial charge in [0.15, 0.2) is 0 Å². The van der Waals surface area contributed by atoms with Crippen molar-refractivity contribution in [2.75, 3.05) is 5.32 Å². The number of aromatic nitrogens is 1. The maximum absolute atomic E-state index is 13.6. The Morgan fingerprint density at radius 1 is 1.24 bits per heavy atom. The Hall–Kier alpha value is -3.51. The molecule has 0 radical (unpaired) electrons. The van der Waals surface area contributed by atoms with Crippen LogP contribution in [0.5, 0.6) is 0 Å². The molecule has 2 amide bonds. The van der Waals surface area contributed by atoms with E-state index in [-0.39, 0.29) is 22.5 Å². The first-order valence-corrected chi connectivity index (χ1v) is 10.7. The summed E-state index contributed by atoms with van der Waals surface area (Å²) in [5.41, 5.74) is 0.607. The molecule has 2 aromatic rings. The van der Waals surface area contributed by atoms with Gasteiger partial charge < -0.3 is 20.3 Å². The Morgan fingerprint density at radius 2 is 1.88 bits per heavy atom. The predicted molar refractivity (Wildman–Crippen MR) is 119 cm³/mol. The van der Waals surface area contributed by atoms with Crippen LogP contribution in [0.15, 0.2) is 18.2 Å². The lowest BCUT2D eigenvalue weighted by atomic mass is 9.82. The molecule has 174 valence electrons. The van der Waals surface area contributed by atoms with E-state index in [0.717, 1.165) is 6.07 Å². The fourth-order valence-electron chi connectivity index (χ4n) is 4.32. The van der Waals surface area contributed by atoms with Gasteiger partial charge in [-0.05, 0) is 70.2 Å². The van der Waals surface area contributed by atoms with Crippen LogP contribution in [0.4, 0.5) is 10.1 Å². The smallest absolute Gasteiger partial charge is 0.294 e. The molecule has 8 nitrogen and oxygen atoms in total. The minimum Gasteiger partial charge on any atom is -0.393 e. The number of ketones is 1. The average molecular weight is 455 g/mol. The van der Waals surface area contributed by atoms with Crippen LogP contribution in [0, 0.1) is 31.0 Å². The minimum absolute atomic E-state index is 0.103. The highest BCUT2D eigenvalue weighted by atomic mass is 19.1. The van der Waals surface area contributed by atoms with Crippen LogP contribution in [-0.2, 0) is 11.8 Å². The standard InChI is InChI=1S/C24H27FN4O4/c1-13-19(22(32)27-16-5-6-18(25)15(11-16)12-26)14(2)29(4)20(13)21(31)23(33)28-24(3)9-7-17(30)8-10-24/h5-6,11,17,30H,7-10H2,1-4H3,(H,27,32)(H,28,33). The number of benzene rings is 1. The summed E-state index contributed by atoms with van der Waals surface area (Å²) < 4.78 is 15.1. The number of rotatable bonds is 5. The molecule has 1 heterocycles. The van der Waals surface area contributed by atoms with Crippen molar-refractivity contribution in [1.82, 2.24) is 9.88 Å². The first kappa shape index (κ1) is 24.1.